The van der Waals surface area contributed by atoms with Crippen LogP contribution < -0.4 is 15.1 Å². The van der Waals surface area contributed by atoms with Gasteiger partial charge in [-0.2, -0.15) is 36.9 Å². The fourth-order valence-electron chi connectivity index (χ4n) is 5.45. The SMILES string of the molecule is Cc1ccc(N2C(=S)N(c3ccc(C#N)c(C(F)(F)F)c3)/C(=N/CC(=S)Nc3ccc(C#N)c(C(F)(F)F)c3)C23CCC3)cc1. The Morgan fingerprint density at radius 3 is 1.98 bits per heavy atom. The number of nitrogens with one attached hydrogen (secondary N) is 1. The first-order valence-electron chi connectivity index (χ1n) is 13.5. The van der Waals surface area contributed by atoms with E-state index in [9.17, 15) is 31.6 Å². The molecule has 14 heteroatoms. The van der Waals surface area contributed by atoms with Crippen molar-refractivity contribution in [1.82, 2.24) is 0 Å². The van der Waals surface area contributed by atoms with E-state index in [1.54, 1.807) is 6.07 Å². The van der Waals surface area contributed by atoms with E-state index in [0.717, 1.165) is 36.2 Å². The molecule has 2 fully saturated rings. The van der Waals surface area contributed by atoms with E-state index < -0.39 is 40.1 Å². The summed E-state index contributed by atoms with van der Waals surface area (Å²) in [5.41, 5.74) is -2.41. The van der Waals surface area contributed by atoms with Crippen molar-refractivity contribution < 1.29 is 26.3 Å². The minimum absolute atomic E-state index is 0.00752. The molecule has 1 aliphatic carbocycles. The molecule has 0 aromatic heterocycles. The number of hydrogen-bond donors (Lipinski definition) is 1. The van der Waals surface area contributed by atoms with Crippen LogP contribution in [0.4, 0.5) is 43.4 Å². The van der Waals surface area contributed by atoms with Crippen LogP contribution in [0.3, 0.4) is 0 Å². The molecule has 45 heavy (non-hydrogen) atoms. The zero-order valence-corrected chi connectivity index (χ0v) is 25.1. The van der Waals surface area contributed by atoms with Gasteiger partial charge in [0.2, 0.25) is 0 Å². The lowest BCUT2D eigenvalue weighted by Gasteiger charge is -2.45. The van der Waals surface area contributed by atoms with E-state index in [-0.39, 0.29) is 28.0 Å². The molecule has 6 nitrogen and oxygen atoms in total. The van der Waals surface area contributed by atoms with Gasteiger partial charge < -0.3 is 10.2 Å². The van der Waals surface area contributed by atoms with Crippen molar-refractivity contribution in [3.63, 3.8) is 0 Å². The largest absolute Gasteiger partial charge is 0.417 e. The van der Waals surface area contributed by atoms with Gasteiger partial charge in [-0.05, 0) is 86.9 Å². The van der Waals surface area contributed by atoms with Crippen molar-refractivity contribution in [3.8, 4) is 12.1 Å². The predicted molar refractivity (Wildman–Crippen MR) is 166 cm³/mol. The molecule has 0 unspecified atom stereocenters. The molecule has 0 bridgehead atoms. The van der Waals surface area contributed by atoms with Gasteiger partial charge in [-0.25, -0.2) is 0 Å². The van der Waals surface area contributed by atoms with Crippen LogP contribution in [-0.4, -0.2) is 28.0 Å². The smallest absolute Gasteiger partial charge is 0.348 e. The van der Waals surface area contributed by atoms with Crippen molar-refractivity contribution in [3.05, 3.63) is 88.5 Å². The zero-order valence-electron chi connectivity index (χ0n) is 23.4. The fraction of sp³-hybridized carbons (Fsp3) is 0.258. The second-order valence-electron chi connectivity index (χ2n) is 10.6. The number of thiocarbonyl (C=S) groups is 2. The molecule has 0 amide bonds. The van der Waals surface area contributed by atoms with Crippen LogP contribution >= 0.6 is 24.4 Å². The van der Waals surface area contributed by atoms with Crippen molar-refractivity contribution in [1.29, 1.82) is 10.5 Å². The van der Waals surface area contributed by atoms with E-state index in [1.165, 1.54) is 23.1 Å². The van der Waals surface area contributed by atoms with E-state index in [1.807, 2.05) is 36.1 Å². The minimum Gasteiger partial charge on any atom is -0.348 e. The third-order valence-corrected chi connectivity index (χ3v) is 8.30. The average Bonchev–Trinajstić information content (AvgIpc) is 3.23. The lowest BCUT2D eigenvalue weighted by atomic mass is 9.74. The first kappa shape index (κ1) is 31.9. The summed E-state index contributed by atoms with van der Waals surface area (Å²) in [6, 6.07) is 17.0. The Balaban J connectivity index is 1.56. The molecule has 5 rings (SSSR count). The number of halogens is 6. The number of amidine groups is 1. The van der Waals surface area contributed by atoms with Crippen LogP contribution in [0, 0.1) is 29.6 Å². The summed E-state index contributed by atoms with van der Waals surface area (Å²) in [7, 11) is 0. The molecule has 1 spiro atoms. The second kappa shape index (κ2) is 11.8. The van der Waals surface area contributed by atoms with Crippen molar-refractivity contribution >= 4 is 57.4 Å². The number of anilines is 3. The van der Waals surface area contributed by atoms with Crippen LogP contribution in [0.2, 0.25) is 0 Å². The number of aliphatic imine (C=N–C) groups is 1. The molecule has 0 radical (unpaired) electrons. The molecule has 1 heterocycles. The Kier molecular flexibility index (Phi) is 8.33. The van der Waals surface area contributed by atoms with Gasteiger partial charge in [0, 0.05) is 11.4 Å². The summed E-state index contributed by atoms with van der Waals surface area (Å²) >= 11 is 11.3. The Labute approximate surface area is 265 Å². The number of rotatable bonds is 5. The summed E-state index contributed by atoms with van der Waals surface area (Å²) < 4.78 is 82.3. The molecule has 0 atom stereocenters. The molecule has 3 aromatic carbocycles. The van der Waals surface area contributed by atoms with E-state index in [2.05, 4.69) is 5.32 Å². The van der Waals surface area contributed by atoms with E-state index >= 15 is 0 Å². The highest BCUT2D eigenvalue weighted by atomic mass is 32.1. The molecule has 230 valence electrons. The Hall–Kier alpha value is -4.53. The van der Waals surface area contributed by atoms with Gasteiger partial charge >= 0.3 is 12.4 Å². The summed E-state index contributed by atoms with van der Waals surface area (Å²) in [5, 5.41) is 21.3. The second-order valence-corrected chi connectivity index (χ2v) is 11.4. The van der Waals surface area contributed by atoms with Crippen LogP contribution in [0.15, 0.2) is 65.7 Å². The Bertz CT molecular complexity index is 1800. The standard InChI is InChI=1S/C31H22F6N6S2/c1-18-3-8-22(9-4-18)43-28(45)42(23-10-6-20(16-39)25(14-23)31(35,36)37)27(29(43)11-2-12-29)40-17-26(44)41-21-7-5-19(15-38)24(13-21)30(32,33)34/h3-10,13-14H,2,11-12,17H2,1H3,(H,41,44)/b40-27+. The quantitative estimate of drug-likeness (QED) is 0.219. The van der Waals surface area contributed by atoms with Crippen LogP contribution in [0.25, 0.3) is 0 Å². The number of nitrogens with zero attached hydrogens (tertiary/aromatic N) is 5. The first-order chi connectivity index (χ1) is 21.2. The van der Waals surface area contributed by atoms with Gasteiger partial charge in [0.15, 0.2) is 5.11 Å². The zero-order chi connectivity index (χ0) is 32.7. The molecular weight excluding hydrogens is 635 g/mol. The summed E-state index contributed by atoms with van der Waals surface area (Å²) in [6.07, 6.45) is -7.65. The molecule has 1 aliphatic heterocycles. The van der Waals surface area contributed by atoms with Crippen molar-refractivity contribution in [2.75, 3.05) is 21.7 Å². The lowest BCUT2D eigenvalue weighted by Crippen LogP contribution is -2.55. The predicted octanol–water partition coefficient (Wildman–Crippen LogP) is 8.15. The fourth-order valence-corrected chi connectivity index (χ4v) is 6.10. The molecule has 2 aliphatic rings. The maximum absolute atomic E-state index is 14.0. The number of alkyl halides is 6. The molecule has 3 aromatic rings. The molecule has 1 saturated heterocycles. The van der Waals surface area contributed by atoms with Crippen LogP contribution in [-0.2, 0) is 12.4 Å². The van der Waals surface area contributed by atoms with Gasteiger partial charge in [0.25, 0.3) is 0 Å². The molecule has 1 saturated carbocycles. The summed E-state index contributed by atoms with van der Waals surface area (Å²) in [4.78, 5) is 8.06. The highest BCUT2D eigenvalue weighted by Crippen LogP contribution is 2.49. The van der Waals surface area contributed by atoms with Crippen molar-refractivity contribution in [2.45, 2.75) is 44.1 Å². The van der Waals surface area contributed by atoms with Crippen LogP contribution in [0.1, 0.15) is 47.1 Å². The number of nitriles is 2. The monoisotopic (exact) mass is 656 g/mol. The van der Waals surface area contributed by atoms with E-state index in [4.69, 9.17) is 34.7 Å². The van der Waals surface area contributed by atoms with Gasteiger partial charge in [-0.15, -0.1) is 0 Å². The minimum atomic E-state index is -4.81. The first-order valence-corrected chi connectivity index (χ1v) is 14.3. The Morgan fingerprint density at radius 1 is 0.889 bits per heavy atom. The maximum Gasteiger partial charge on any atom is 0.417 e. The van der Waals surface area contributed by atoms with Crippen molar-refractivity contribution in [2.24, 2.45) is 4.99 Å². The summed E-state index contributed by atoms with van der Waals surface area (Å²) in [6.45, 7) is 1.69. The molecule has 1 N–H and O–H groups in total. The van der Waals surface area contributed by atoms with Gasteiger partial charge in [0.05, 0.1) is 46.6 Å². The maximum atomic E-state index is 14.0. The third-order valence-electron chi connectivity index (χ3n) is 7.70. The number of hydrogen-bond acceptors (Lipinski definition) is 5. The van der Waals surface area contributed by atoms with E-state index in [0.29, 0.717) is 24.4 Å². The van der Waals surface area contributed by atoms with Gasteiger partial charge in [0.1, 0.15) is 16.4 Å². The molecular formula is C31H22F6N6S2. The lowest BCUT2D eigenvalue weighted by molar-refractivity contribution is -0.138. The number of aryl methyl sites for hydroxylation is 1. The normalized spacial score (nSPS) is 16.8. The highest BCUT2D eigenvalue weighted by Gasteiger charge is 2.57. The third kappa shape index (κ3) is 5.95. The Morgan fingerprint density at radius 2 is 1.44 bits per heavy atom. The van der Waals surface area contributed by atoms with Gasteiger partial charge in [-0.1, -0.05) is 29.9 Å². The topological polar surface area (TPSA) is 78.4 Å². The van der Waals surface area contributed by atoms with Crippen LogP contribution in [0.5, 0.6) is 0 Å². The average molecular weight is 657 g/mol. The summed E-state index contributed by atoms with van der Waals surface area (Å²) in [5.74, 6) is 0.331. The number of benzene rings is 3. The van der Waals surface area contributed by atoms with Gasteiger partial charge in [-0.3, -0.25) is 9.89 Å². The highest BCUT2D eigenvalue weighted by molar-refractivity contribution is 7.81.